The molecular weight excluding hydrogens is 413 g/mol. The minimum Gasteiger partial charge on any atom is -0.382 e. The average Bonchev–Trinajstić information content (AvgIpc) is 2.96. The van der Waals surface area contributed by atoms with Crippen LogP contribution >= 0.6 is 23.2 Å². The molecule has 27 heavy (non-hydrogen) atoms. The van der Waals surface area contributed by atoms with E-state index >= 15 is 0 Å². The minimum atomic E-state index is -3.80. The first-order chi connectivity index (χ1) is 12.7. The second-order valence-electron chi connectivity index (χ2n) is 5.57. The monoisotopic (exact) mass is 425 g/mol. The van der Waals surface area contributed by atoms with Gasteiger partial charge < -0.3 is 11.5 Å². The van der Waals surface area contributed by atoms with Crippen LogP contribution in [-0.2, 0) is 16.4 Å². The molecule has 0 saturated carbocycles. The van der Waals surface area contributed by atoms with Crippen LogP contribution in [0.5, 0.6) is 0 Å². The summed E-state index contributed by atoms with van der Waals surface area (Å²) in [5, 5.41) is 7.83. The lowest BCUT2D eigenvalue weighted by atomic mass is 10.2. The fourth-order valence-electron chi connectivity index (χ4n) is 2.39. The number of rotatable bonds is 5. The third-order valence-corrected chi connectivity index (χ3v) is 6.25. The number of carbonyl (C=O) groups is 1. The van der Waals surface area contributed by atoms with Gasteiger partial charge in [0.15, 0.2) is 11.5 Å². The third-order valence-electron chi connectivity index (χ3n) is 3.75. The number of anilines is 1. The topological polar surface area (TPSA) is 134 Å². The Labute approximate surface area is 164 Å². The molecule has 3 rings (SSSR count). The molecule has 0 radical (unpaired) electrons. The van der Waals surface area contributed by atoms with Crippen LogP contribution in [0, 0.1) is 0 Å². The number of halogens is 2. The van der Waals surface area contributed by atoms with Crippen molar-refractivity contribution in [2.75, 3.05) is 5.73 Å². The van der Waals surface area contributed by atoms with Crippen molar-refractivity contribution in [2.24, 2.45) is 5.73 Å². The van der Waals surface area contributed by atoms with Crippen LogP contribution in [0.15, 0.2) is 52.3 Å². The maximum atomic E-state index is 12.7. The van der Waals surface area contributed by atoms with Gasteiger partial charge >= 0.3 is 0 Å². The Morgan fingerprint density at radius 1 is 1.11 bits per heavy atom. The molecule has 3 aromatic rings. The van der Waals surface area contributed by atoms with E-state index in [9.17, 15) is 13.2 Å². The van der Waals surface area contributed by atoms with Crippen molar-refractivity contribution in [3.8, 4) is 0 Å². The van der Waals surface area contributed by atoms with Gasteiger partial charge in [0.2, 0.25) is 9.84 Å². The number of nitrogen functional groups attached to an aromatic ring is 1. The Bertz CT molecular complexity index is 1130. The molecule has 0 saturated heterocycles. The maximum absolute atomic E-state index is 12.7. The van der Waals surface area contributed by atoms with E-state index in [-0.39, 0.29) is 32.9 Å². The van der Waals surface area contributed by atoms with Crippen LogP contribution in [0.1, 0.15) is 16.1 Å². The van der Waals surface area contributed by atoms with Gasteiger partial charge in [-0.1, -0.05) is 34.5 Å². The molecule has 11 heteroatoms. The van der Waals surface area contributed by atoms with Crippen LogP contribution in [-0.4, -0.2) is 29.3 Å². The van der Waals surface area contributed by atoms with Gasteiger partial charge in [0.05, 0.1) is 21.4 Å². The van der Waals surface area contributed by atoms with E-state index in [4.69, 9.17) is 34.7 Å². The van der Waals surface area contributed by atoms with Crippen molar-refractivity contribution in [2.45, 2.75) is 16.3 Å². The Hall–Kier alpha value is -2.62. The van der Waals surface area contributed by atoms with Gasteiger partial charge in [-0.05, 0) is 42.0 Å². The van der Waals surface area contributed by atoms with Crippen molar-refractivity contribution < 1.29 is 13.2 Å². The van der Waals surface area contributed by atoms with E-state index in [2.05, 4.69) is 10.3 Å². The predicted molar refractivity (Wildman–Crippen MR) is 100 cm³/mol. The van der Waals surface area contributed by atoms with E-state index in [0.29, 0.717) is 10.6 Å². The normalized spacial score (nSPS) is 11.5. The van der Waals surface area contributed by atoms with Crippen molar-refractivity contribution in [1.29, 1.82) is 0 Å². The summed E-state index contributed by atoms with van der Waals surface area (Å²) in [4.78, 5) is 11.2. The molecule has 4 N–H and O–H groups in total. The second kappa shape index (κ2) is 7.18. The number of nitrogens with zero attached hydrogens (tertiary/aromatic N) is 3. The van der Waals surface area contributed by atoms with Gasteiger partial charge in [-0.3, -0.25) is 4.79 Å². The average molecular weight is 426 g/mol. The van der Waals surface area contributed by atoms with Crippen molar-refractivity contribution in [3.63, 3.8) is 0 Å². The number of benzene rings is 2. The Morgan fingerprint density at radius 2 is 1.78 bits per heavy atom. The highest BCUT2D eigenvalue weighted by molar-refractivity contribution is 7.91. The molecule has 0 spiro atoms. The minimum absolute atomic E-state index is 0.0106. The second-order valence-corrected chi connectivity index (χ2v) is 8.33. The first-order valence-corrected chi connectivity index (χ1v) is 9.72. The molecule has 1 aromatic heterocycles. The summed E-state index contributed by atoms with van der Waals surface area (Å²) < 4.78 is 26.7. The number of aromatic nitrogens is 3. The largest absolute Gasteiger partial charge is 0.382 e. The number of carbonyl (C=O) groups excluding carboxylic acids is 1. The molecule has 0 aliphatic rings. The van der Waals surface area contributed by atoms with E-state index in [1.165, 1.54) is 41.1 Å². The van der Waals surface area contributed by atoms with E-state index in [1.54, 1.807) is 6.07 Å². The molecule has 0 aliphatic heterocycles. The number of amides is 1. The fraction of sp³-hybridized carbons (Fsp3) is 0.0625. The highest BCUT2D eigenvalue weighted by atomic mass is 35.5. The van der Waals surface area contributed by atoms with E-state index in [1.807, 2.05) is 0 Å². The van der Waals surface area contributed by atoms with Gasteiger partial charge in [-0.15, -0.1) is 5.10 Å². The maximum Gasteiger partial charge on any atom is 0.273 e. The van der Waals surface area contributed by atoms with Crippen LogP contribution in [0.4, 0.5) is 5.82 Å². The summed E-state index contributed by atoms with van der Waals surface area (Å²) in [7, 11) is -3.80. The van der Waals surface area contributed by atoms with Crippen LogP contribution in [0.3, 0.4) is 0 Å². The Balaban J connectivity index is 1.92. The van der Waals surface area contributed by atoms with E-state index < -0.39 is 15.7 Å². The van der Waals surface area contributed by atoms with E-state index in [0.717, 1.165) is 0 Å². The molecule has 0 bridgehead atoms. The van der Waals surface area contributed by atoms with Crippen LogP contribution < -0.4 is 11.5 Å². The quantitative estimate of drug-likeness (QED) is 0.642. The molecular formula is C16H13Cl2N5O3S. The van der Waals surface area contributed by atoms with Gasteiger partial charge in [0, 0.05) is 5.02 Å². The summed E-state index contributed by atoms with van der Waals surface area (Å²) in [5.41, 5.74) is 11.4. The molecule has 0 aliphatic carbocycles. The molecule has 0 fully saturated rings. The fourth-order valence-corrected chi connectivity index (χ4v) is 4.33. The number of hydrogen-bond acceptors (Lipinski definition) is 6. The summed E-state index contributed by atoms with van der Waals surface area (Å²) in [5.74, 6) is -0.780. The first-order valence-electron chi connectivity index (χ1n) is 7.48. The number of primary amides is 1. The highest BCUT2D eigenvalue weighted by Gasteiger charge is 2.21. The molecule has 0 unspecified atom stereocenters. The molecule has 2 aromatic carbocycles. The molecule has 1 amide bonds. The SMILES string of the molecule is NC(=O)c1nnn(Cc2ccc(S(=O)(=O)c3ccc(Cl)cc3)c(Cl)c2)c1N. The molecule has 1 heterocycles. The smallest absolute Gasteiger partial charge is 0.273 e. The lowest BCUT2D eigenvalue weighted by Gasteiger charge is -2.09. The number of sulfone groups is 1. The van der Waals surface area contributed by atoms with Gasteiger partial charge in [-0.25, -0.2) is 13.1 Å². The number of nitrogens with two attached hydrogens (primary N) is 2. The summed E-state index contributed by atoms with van der Waals surface area (Å²) in [6.07, 6.45) is 0. The predicted octanol–water partition coefficient (Wildman–Crippen LogP) is 2.15. The highest BCUT2D eigenvalue weighted by Crippen LogP contribution is 2.29. The Kier molecular flexibility index (Phi) is 5.09. The zero-order valence-electron chi connectivity index (χ0n) is 13.6. The van der Waals surface area contributed by atoms with Gasteiger partial charge in [-0.2, -0.15) is 0 Å². The summed E-state index contributed by atoms with van der Waals surface area (Å²) in [6.45, 7) is 0.132. The zero-order valence-corrected chi connectivity index (χ0v) is 16.0. The van der Waals surface area contributed by atoms with Crippen LogP contribution in [0.2, 0.25) is 10.0 Å². The van der Waals surface area contributed by atoms with Crippen molar-refractivity contribution in [1.82, 2.24) is 15.0 Å². The standard InChI is InChI=1S/C16H13Cl2N5O3S/c17-10-2-4-11(5-3-10)27(25,26)13-6-1-9(7-12(13)18)8-23-15(19)14(16(20)24)21-22-23/h1-7H,8,19H2,(H2,20,24). The zero-order chi connectivity index (χ0) is 19.8. The van der Waals surface area contributed by atoms with Gasteiger partial charge in [0.25, 0.3) is 5.91 Å². The lowest BCUT2D eigenvalue weighted by Crippen LogP contribution is -2.15. The molecule has 8 nitrogen and oxygen atoms in total. The molecule has 140 valence electrons. The first kappa shape index (κ1) is 19.2. The van der Waals surface area contributed by atoms with Crippen molar-refractivity contribution >= 4 is 44.8 Å². The molecule has 0 atom stereocenters. The summed E-state index contributed by atoms with van der Waals surface area (Å²) in [6, 6.07) is 10.2. The summed E-state index contributed by atoms with van der Waals surface area (Å²) >= 11 is 12.0. The lowest BCUT2D eigenvalue weighted by molar-refractivity contribution is 0.0996. The van der Waals surface area contributed by atoms with Crippen LogP contribution in [0.25, 0.3) is 0 Å². The third kappa shape index (κ3) is 3.75. The van der Waals surface area contributed by atoms with Crippen molar-refractivity contribution in [3.05, 3.63) is 63.8 Å². The Morgan fingerprint density at radius 3 is 2.33 bits per heavy atom. The van der Waals surface area contributed by atoms with Gasteiger partial charge in [0.1, 0.15) is 0 Å². The number of hydrogen-bond donors (Lipinski definition) is 2.